The van der Waals surface area contributed by atoms with E-state index in [0.29, 0.717) is 5.58 Å². The molecule has 1 aromatic carbocycles. The molecule has 0 amide bonds. The fraction of sp³-hybridized carbons (Fsp3) is 0.133. The second-order valence-corrected chi connectivity index (χ2v) is 4.01. The molecule has 0 bridgehead atoms. The fourth-order valence-electron chi connectivity index (χ4n) is 1.99. The first-order chi connectivity index (χ1) is 8.33. The van der Waals surface area contributed by atoms with Crippen molar-refractivity contribution < 1.29 is 4.42 Å². The van der Waals surface area contributed by atoms with Crippen LogP contribution in [-0.4, -0.2) is 0 Å². The number of benzene rings is 1. The number of rotatable bonds is 0. The molecule has 0 saturated heterocycles. The molecule has 1 aromatic heterocycles. The van der Waals surface area contributed by atoms with E-state index >= 15 is 0 Å². The van der Waals surface area contributed by atoms with Crippen molar-refractivity contribution in [3.05, 3.63) is 58.0 Å². The summed E-state index contributed by atoms with van der Waals surface area (Å²) >= 11 is 0. The van der Waals surface area contributed by atoms with E-state index in [2.05, 4.69) is 24.0 Å². The Morgan fingerprint density at radius 1 is 1.24 bits per heavy atom. The summed E-state index contributed by atoms with van der Waals surface area (Å²) in [7, 11) is 0. The lowest BCUT2D eigenvalue weighted by molar-refractivity contribution is 0.561. The van der Waals surface area contributed by atoms with Crippen LogP contribution >= 0.6 is 0 Å². The quantitative estimate of drug-likeness (QED) is 0.506. The lowest BCUT2D eigenvalue weighted by Crippen LogP contribution is -1.97. The normalized spacial score (nSPS) is 15.3. The van der Waals surface area contributed by atoms with Crippen LogP contribution in [0.1, 0.15) is 17.5 Å². The van der Waals surface area contributed by atoms with Crippen molar-refractivity contribution in [2.75, 3.05) is 0 Å². The predicted molar refractivity (Wildman–Crippen MR) is 66.8 cm³/mol. The number of allylic oxidation sites excluding steroid dienone is 2. The third kappa shape index (κ3) is 1.88. The van der Waals surface area contributed by atoms with Crippen molar-refractivity contribution in [1.29, 1.82) is 0 Å². The standard InChI is InChI=1S/C15H10O2/c16-15-8-7-13-9-11-5-3-1-2-4-6-12(11)10-14(13)17-15/h1-2,7-10H,3,5H2/b2-1-. The molecular weight excluding hydrogens is 212 g/mol. The highest BCUT2D eigenvalue weighted by atomic mass is 16.4. The molecule has 0 N–H and O–H groups in total. The van der Waals surface area contributed by atoms with Crippen LogP contribution in [0.3, 0.4) is 0 Å². The highest BCUT2D eigenvalue weighted by Gasteiger charge is 2.05. The first kappa shape index (κ1) is 9.92. The highest BCUT2D eigenvalue weighted by Crippen LogP contribution is 2.20. The summed E-state index contributed by atoms with van der Waals surface area (Å²) in [4.78, 5) is 11.2. The third-order valence-corrected chi connectivity index (χ3v) is 2.83. The van der Waals surface area contributed by atoms with Gasteiger partial charge in [0.2, 0.25) is 0 Å². The summed E-state index contributed by atoms with van der Waals surface area (Å²) in [5.41, 5.74) is 2.45. The van der Waals surface area contributed by atoms with Crippen LogP contribution in [0, 0.1) is 11.8 Å². The van der Waals surface area contributed by atoms with Gasteiger partial charge in [-0.25, -0.2) is 4.79 Å². The van der Waals surface area contributed by atoms with Crippen LogP contribution in [0.15, 0.2) is 45.6 Å². The Bertz CT molecular complexity index is 724. The van der Waals surface area contributed by atoms with E-state index in [4.69, 9.17) is 4.42 Å². The van der Waals surface area contributed by atoms with E-state index in [1.807, 2.05) is 12.1 Å². The molecule has 0 radical (unpaired) electrons. The van der Waals surface area contributed by atoms with Crippen LogP contribution in [0.25, 0.3) is 11.0 Å². The minimum atomic E-state index is -0.323. The summed E-state index contributed by atoms with van der Waals surface area (Å²) in [5, 5.41) is 0.953. The highest BCUT2D eigenvalue weighted by molar-refractivity contribution is 5.79. The molecule has 17 heavy (non-hydrogen) atoms. The van der Waals surface area contributed by atoms with E-state index < -0.39 is 0 Å². The molecule has 1 aliphatic rings. The second-order valence-electron chi connectivity index (χ2n) is 4.01. The van der Waals surface area contributed by atoms with Crippen LogP contribution in [0.2, 0.25) is 0 Å². The molecule has 0 saturated carbocycles. The van der Waals surface area contributed by atoms with Gasteiger partial charge < -0.3 is 4.42 Å². The van der Waals surface area contributed by atoms with E-state index in [1.165, 1.54) is 11.6 Å². The first-order valence-electron chi connectivity index (χ1n) is 5.56. The smallest absolute Gasteiger partial charge is 0.336 e. The maximum absolute atomic E-state index is 11.2. The summed E-state index contributed by atoms with van der Waals surface area (Å²) in [6, 6.07) is 7.16. The largest absolute Gasteiger partial charge is 0.423 e. The van der Waals surface area contributed by atoms with Crippen LogP contribution in [0.5, 0.6) is 0 Å². The zero-order chi connectivity index (χ0) is 11.7. The Morgan fingerprint density at radius 2 is 2.18 bits per heavy atom. The van der Waals surface area contributed by atoms with Gasteiger partial charge in [-0.15, -0.1) is 0 Å². The van der Waals surface area contributed by atoms with E-state index in [1.54, 1.807) is 6.07 Å². The fourth-order valence-corrected chi connectivity index (χ4v) is 1.99. The Labute approximate surface area is 98.6 Å². The summed E-state index contributed by atoms with van der Waals surface area (Å²) in [6.07, 6.45) is 5.90. The molecule has 0 atom stereocenters. The van der Waals surface area contributed by atoms with Gasteiger partial charge in [-0.3, -0.25) is 0 Å². The minimum absolute atomic E-state index is 0.323. The van der Waals surface area contributed by atoms with Crippen molar-refractivity contribution in [1.82, 2.24) is 0 Å². The molecule has 0 spiro atoms. The maximum atomic E-state index is 11.2. The minimum Gasteiger partial charge on any atom is -0.423 e. The molecule has 1 aliphatic carbocycles. The zero-order valence-electron chi connectivity index (χ0n) is 9.19. The van der Waals surface area contributed by atoms with Gasteiger partial charge in [0.05, 0.1) is 0 Å². The van der Waals surface area contributed by atoms with Crippen LogP contribution < -0.4 is 5.63 Å². The van der Waals surface area contributed by atoms with E-state index in [9.17, 15) is 4.79 Å². The molecule has 0 aliphatic heterocycles. The summed E-state index contributed by atoms with van der Waals surface area (Å²) in [5.74, 6) is 6.05. The van der Waals surface area contributed by atoms with E-state index in [0.717, 1.165) is 23.8 Å². The SMILES string of the molecule is O=c1ccc2cc3c(cc2o1)C#C/C=C\CC3. The van der Waals surface area contributed by atoms with Gasteiger partial charge in [0.15, 0.2) is 0 Å². The molecule has 2 heteroatoms. The van der Waals surface area contributed by atoms with Crippen LogP contribution in [-0.2, 0) is 6.42 Å². The number of aryl methyl sites for hydroxylation is 1. The summed E-state index contributed by atoms with van der Waals surface area (Å²) in [6.45, 7) is 0. The Kier molecular flexibility index (Phi) is 2.31. The van der Waals surface area contributed by atoms with Crippen molar-refractivity contribution in [3.63, 3.8) is 0 Å². The third-order valence-electron chi connectivity index (χ3n) is 2.83. The number of hydrogen-bond acceptors (Lipinski definition) is 2. The number of hydrogen-bond donors (Lipinski definition) is 0. The average Bonchev–Trinajstić information content (AvgIpc) is 2.29. The molecule has 1 heterocycles. The van der Waals surface area contributed by atoms with Gasteiger partial charge in [-0.2, -0.15) is 0 Å². The van der Waals surface area contributed by atoms with Gasteiger partial charge >= 0.3 is 5.63 Å². The lowest BCUT2D eigenvalue weighted by atomic mass is 9.99. The Hall–Kier alpha value is -2.27. The Morgan fingerprint density at radius 3 is 3.12 bits per heavy atom. The van der Waals surface area contributed by atoms with Gasteiger partial charge in [0.1, 0.15) is 5.58 Å². The monoisotopic (exact) mass is 222 g/mol. The molecule has 82 valence electrons. The maximum Gasteiger partial charge on any atom is 0.336 e. The van der Waals surface area contributed by atoms with Gasteiger partial charge in [-0.05, 0) is 42.7 Å². The van der Waals surface area contributed by atoms with Gasteiger partial charge in [0.25, 0.3) is 0 Å². The Balaban J connectivity index is 2.30. The molecule has 2 aromatic rings. The van der Waals surface area contributed by atoms with Gasteiger partial charge in [-0.1, -0.05) is 17.9 Å². The van der Waals surface area contributed by atoms with Crippen molar-refractivity contribution in [2.24, 2.45) is 0 Å². The first-order valence-corrected chi connectivity index (χ1v) is 5.56. The molecule has 3 rings (SSSR count). The molecule has 0 fully saturated rings. The van der Waals surface area contributed by atoms with Crippen LogP contribution in [0.4, 0.5) is 0 Å². The second kappa shape index (κ2) is 3.95. The molecular formula is C15H10O2. The zero-order valence-corrected chi connectivity index (χ0v) is 9.19. The van der Waals surface area contributed by atoms with Crippen molar-refractivity contribution in [2.45, 2.75) is 12.8 Å². The van der Waals surface area contributed by atoms with Crippen molar-refractivity contribution in [3.8, 4) is 11.8 Å². The van der Waals surface area contributed by atoms with E-state index in [-0.39, 0.29) is 5.63 Å². The topological polar surface area (TPSA) is 30.2 Å². The lowest BCUT2D eigenvalue weighted by Gasteiger charge is -2.06. The average molecular weight is 222 g/mol. The summed E-state index contributed by atoms with van der Waals surface area (Å²) < 4.78 is 5.16. The number of fused-ring (bicyclic) bond motifs is 2. The molecule has 2 nitrogen and oxygen atoms in total. The van der Waals surface area contributed by atoms with Crippen molar-refractivity contribution >= 4 is 11.0 Å². The van der Waals surface area contributed by atoms with Gasteiger partial charge in [0, 0.05) is 17.0 Å². The molecule has 0 unspecified atom stereocenters. The predicted octanol–water partition coefficient (Wildman–Crippen LogP) is 2.65.